The first kappa shape index (κ1) is 13.4. The number of hydrogen-bond donors (Lipinski definition) is 2. The van der Waals surface area contributed by atoms with Gasteiger partial charge in [0, 0.05) is 19.0 Å². The van der Waals surface area contributed by atoms with Crippen LogP contribution in [0.5, 0.6) is 0 Å². The maximum Gasteiger partial charge on any atom is 0.329 e. The van der Waals surface area contributed by atoms with Gasteiger partial charge in [0.2, 0.25) is 5.91 Å². The van der Waals surface area contributed by atoms with Crippen LogP contribution in [-0.4, -0.2) is 15.0 Å². The summed E-state index contributed by atoms with van der Waals surface area (Å²) in [5.41, 5.74) is 4.05. The van der Waals surface area contributed by atoms with E-state index in [-0.39, 0.29) is 23.6 Å². The highest BCUT2D eigenvalue weighted by atomic mass is 16.2. The number of carbonyl (C=O) groups is 1. The Labute approximate surface area is 120 Å². The summed E-state index contributed by atoms with van der Waals surface area (Å²) in [5.74, 6) is 4.79. The van der Waals surface area contributed by atoms with E-state index in [1.165, 1.54) is 4.57 Å². The first-order valence-electron chi connectivity index (χ1n) is 6.68. The number of hydrogen-bond acceptors (Lipinski definition) is 4. The van der Waals surface area contributed by atoms with Crippen molar-refractivity contribution in [1.82, 2.24) is 14.6 Å². The van der Waals surface area contributed by atoms with E-state index >= 15 is 0 Å². The van der Waals surface area contributed by atoms with Crippen molar-refractivity contribution in [2.24, 2.45) is 18.8 Å². The summed E-state index contributed by atoms with van der Waals surface area (Å²) < 4.78 is 3.24. The zero-order valence-electron chi connectivity index (χ0n) is 11.5. The lowest BCUT2D eigenvalue weighted by Gasteiger charge is -2.34. The lowest BCUT2D eigenvalue weighted by Crippen LogP contribution is -2.44. The molecule has 3 N–H and O–H groups in total. The number of nitrogens with two attached hydrogens (primary N) is 1. The van der Waals surface area contributed by atoms with Gasteiger partial charge in [-0.2, -0.15) is 5.26 Å². The van der Waals surface area contributed by atoms with E-state index < -0.39 is 0 Å². The molecule has 1 amide bonds. The van der Waals surface area contributed by atoms with Crippen LogP contribution in [0.15, 0.2) is 23.0 Å². The lowest BCUT2D eigenvalue weighted by molar-refractivity contribution is -0.128. The van der Waals surface area contributed by atoms with Gasteiger partial charge >= 0.3 is 5.69 Å². The van der Waals surface area contributed by atoms with Crippen LogP contribution in [-0.2, 0) is 11.8 Å². The molecule has 1 aliphatic rings. The highest BCUT2D eigenvalue weighted by molar-refractivity contribution is 5.80. The first-order valence-corrected chi connectivity index (χ1v) is 6.68. The molecule has 0 atom stereocenters. The molecule has 1 aliphatic carbocycles. The number of fused-ring (bicyclic) bond motifs is 1. The van der Waals surface area contributed by atoms with Gasteiger partial charge < -0.3 is 0 Å². The zero-order chi connectivity index (χ0) is 15.1. The van der Waals surface area contributed by atoms with Crippen LogP contribution < -0.4 is 17.0 Å². The second-order valence-electron chi connectivity index (χ2n) is 5.36. The topological polar surface area (TPSA) is 106 Å². The van der Waals surface area contributed by atoms with Crippen LogP contribution in [0, 0.1) is 17.2 Å². The van der Waals surface area contributed by atoms with E-state index in [2.05, 4.69) is 11.5 Å². The molecular formula is C14H15N5O2. The van der Waals surface area contributed by atoms with Crippen molar-refractivity contribution in [3.05, 3.63) is 34.2 Å². The minimum absolute atomic E-state index is 0.00330. The minimum atomic E-state index is -0.189. The average molecular weight is 285 g/mol. The summed E-state index contributed by atoms with van der Waals surface area (Å²) in [7, 11) is 1.69. The maximum atomic E-state index is 12.4. The van der Waals surface area contributed by atoms with Crippen molar-refractivity contribution in [3.63, 3.8) is 0 Å². The fraction of sp³-hybridized carbons (Fsp3) is 0.357. The number of nitrogens with zero attached hydrogens (tertiary/aromatic N) is 3. The van der Waals surface area contributed by atoms with Crippen LogP contribution in [0.3, 0.4) is 0 Å². The van der Waals surface area contributed by atoms with E-state index in [4.69, 9.17) is 11.1 Å². The molecule has 7 nitrogen and oxygen atoms in total. The number of amides is 1. The van der Waals surface area contributed by atoms with Gasteiger partial charge in [-0.25, -0.2) is 10.6 Å². The first-order chi connectivity index (χ1) is 10.1. The molecule has 7 heteroatoms. The molecule has 0 aliphatic heterocycles. The quantitative estimate of drug-likeness (QED) is 0.465. The molecule has 0 unspecified atom stereocenters. The van der Waals surface area contributed by atoms with Crippen LogP contribution in [0.4, 0.5) is 0 Å². The molecule has 1 aromatic heterocycles. The third-order valence-electron chi connectivity index (χ3n) is 4.21. The third kappa shape index (κ3) is 1.92. The molecule has 1 heterocycles. The molecule has 1 aromatic carbocycles. The predicted molar refractivity (Wildman–Crippen MR) is 76.0 cm³/mol. The maximum absolute atomic E-state index is 12.4. The Kier molecular flexibility index (Phi) is 3.03. The van der Waals surface area contributed by atoms with Crippen LogP contribution in [0.25, 0.3) is 11.0 Å². The number of aromatic nitrogens is 2. The Morgan fingerprint density at radius 3 is 2.76 bits per heavy atom. The lowest BCUT2D eigenvalue weighted by atomic mass is 9.79. The summed E-state index contributed by atoms with van der Waals surface area (Å²) in [5, 5.41) is 8.95. The second-order valence-corrected chi connectivity index (χ2v) is 5.36. The molecule has 1 fully saturated rings. The second kappa shape index (κ2) is 4.75. The number of nitriles is 1. The summed E-state index contributed by atoms with van der Waals surface area (Å²) >= 11 is 0. The molecule has 3 rings (SSSR count). The van der Waals surface area contributed by atoms with Crippen molar-refractivity contribution in [1.29, 1.82) is 5.26 Å². The number of aryl methyl sites for hydroxylation is 1. The Morgan fingerprint density at radius 2 is 2.14 bits per heavy atom. The Balaban J connectivity index is 2.01. The number of rotatable bonds is 2. The van der Waals surface area contributed by atoms with Gasteiger partial charge in [0.15, 0.2) is 0 Å². The van der Waals surface area contributed by atoms with Crippen molar-refractivity contribution in [2.45, 2.75) is 18.9 Å². The Hall–Kier alpha value is -2.59. The van der Waals surface area contributed by atoms with Crippen molar-refractivity contribution < 1.29 is 4.79 Å². The minimum Gasteiger partial charge on any atom is -0.295 e. The smallest absolute Gasteiger partial charge is 0.295 e. The average Bonchev–Trinajstić information content (AvgIpc) is 2.70. The Morgan fingerprint density at radius 1 is 1.43 bits per heavy atom. The Bertz CT molecular complexity index is 820. The van der Waals surface area contributed by atoms with Crippen molar-refractivity contribution >= 4 is 16.9 Å². The normalized spacial score (nSPS) is 20.8. The standard InChI is InChI=1S/C14H15N5O2/c1-18-12-4-8(7-15)2-3-11(12)19(14(18)21)10-5-9(6-10)13(20)17-16/h2-4,9-10H,5-6,16H2,1H3,(H,17,20). The number of hydrazine groups is 1. The van der Waals surface area contributed by atoms with Gasteiger partial charge in [-0.1, -0.05) is 0 Å². The van der Waals surface area contributed by atoms with Gasteiger partial charge in [0.25, 0.3) is 0 Å². The van der Waals surface area contributed by atoms with Gasteiger partial charge in [-0.05, 0) is 31.0 Å². The number of carbonyl (C=O) groups excluding carboxylic acids is 1. The molecule has 21 heavy (non-hydrogen) atoms. The van der Waals surface area contributed by atoms with Gasteiger partial charge in [0.1, 0.15) is 0 Å². The molecule has 1 saturated carbocycles. The SMILES string of the molecule is Cn1c(=O)n(C2CC(C(=O)NN)C2)c2ccc(C#N)cc21. The molecular weight excluding hydrogens is 270 g/mol. The van der Waals surface area contributed by atoms with Crippen molar-refractivity contribution in [2.75, 3.05) is 0 Å². The molecule has 108 valence electrons. The monoisotopic (exact) mass is 285 g/mol. The highest BCUT2D eigenvalue weighted by Crippen LogP contribution is 2.38. The summed E-state index contributed by atoms with van der Waals surface area (Å²) in [6.07, 6.45) is 1.20. The van der Waals surface area contributed by atoms with Crippen LogP contribution in [0.2, 0.25) is 0 Å². The van der Waals surface area contributed by atoms with Crippen molar-refractivity contribution in [3.8, 4) is 6.07 Å². The van der Waals surface area contributed by atoms with Crippen LogP contribution >= 0.6 is 0 Å². The largest absolute Gasteiger partial charge is 0.329 e. The van der Waals surface area contributed by atoms with Gasteiger partial charge in [-0.3, -0.25) is 19.4 Å². The van der Waals surface area contributed by atoms with Crippen LogP contribution in [0.1, 0.15) is 24.4 Å². The zero-order valence-corrected chi connectivity index (χ0v) is 11.5. The van der Waals surface area contributed by atoms with E-state index in [1.807, 2.05) is 0 Å². The third-order valence-corrected chi connectivity index (χ3v) is 4.21. The summed E-state index contributed by atoms with van der Waals surface area (Å²) in [4.78, 5) is 23.8. The molecule has 2 aromatic rings. The number of nitrogens with one attached hydrogen (secondary N) is 1. The molecule has 0 saturated heterocycles. The van der Waals surface area contributed by atoms with E-state index in [1.54, 1.807) is 29.8 Å². The molecule has 0 spiro atoms. The van der Waals surface area contributed by atoms with E-state index in [9.17, 15) is 9.59 Å². The summed E-state index contributed by atoms with van der Waals surface area (Å²) in [6, 6.07) is 7.25. The summed E-state index contributed by atoms with van der Waals surface area (Å²) in [6.45, 7) is 0. The predicted octanol–water partition coefficient (Wildman–Crippen LogP) is 0.153. The number of imidazole rings is 1. The number of benzene rings is 1. The van der Waals surface area contributed by atoms with E-state index in [0.717, 1.165) is 11.0 Å². The fourth-order valence-corrected chi connectivity index (χ4v) is 2.92. The fourth-order valence-electron chi connectivity index (χ4n) is 2.92. The highest BCUT2D eigenvalue weighted by Gasteiger charge is 2.37. The molecule has 0 radical (unpaired) electrons. The van der Waals surface area contributed by atoms with Gasteiger partial charge in [-0.15, -0.1) is 0 Å². The van der Waals surface area contributed by atoms with Gasteiger partial charge in [0.05, 0.1) is 22.7 Å². The van der Waals surface area contributed by atoms with E-state index in [0.29, 0.717) is 18.4 Å². The molecule has 0 bridgehead atoms.